The summed E-state index contributed by atoms with van der Waals surface area (Å²) in [6.45, 7) is 4.45. The van der Waals surface area contributed by atoms with Gasteiger partial charge in [-0.2, -0.15) is 0 Å². The number of thioether (sulfide) groups is 1. The Morgan fingerprint density at radius 2 is 2.07 bits per heavy atom. The van der Waals surface area contributed by atoms with Crippen LogP contribution < -0.4 is 10.3 Å². The Morgan fingerprint density at radius 3 is 2.85 bits per heavy atom. The van der Waals surface area contributed by atoms with Gasteiger partial charge in [-0.25, -0.2) is 4.98 Å². The Morgan fingerprint density at radius 1 is 1.26 bits per heavy atom. The number of ether oxygens (including phenoxy) is 1. The van der Waals surface area contributed by atoms with Crippen LogP contribution in [0.4, 0.5) is 0 Å². The van der Waals surface area contributed by atoms with E-state index in [0.717, 1.165) is 17.0 Å². The molecule has 0 atom stereocenters. The summed E-state index contributed by atoms with van der Waals surface area (Å²) < 4.78 is 12.7. The first-order valence-corrected chi connectivity index (χ1v) is 10.2. The van der Waals surface area contributed by atoms with E-state index in [4.69, 9.17) is 9.15 Å². The second-order valence-corrected chi connectivity index (χ2v) is 7.46. The van der Waals surface area contributed by atoms with Crippen LogP contribution in [0.2, 0.25) is 0 Å². The van der Waals surface area contributed by atoms with Gasteiger partial charge in [0, 0.05) is 28.5 Å². The molecule has 0 radical (unpaired) electrons. The van der Waals surface area contributed by atoms with Crippen molar-refractivity contribution in [3.05, 3.63) is 57.5 Å². The monoisotopic (exact) mass is 400 g/mol. The first-order valence-electron chi connectivity index (χ1n) is 8.30. The number of benzene rings is 1. The maximum Gasteiger partial charge on any atom is 0.277 e. The number of fused-ring (bicyclic) bond motifs is 1. The summed E-state index contributed by atoms with van der Waals surface area (Å²) in [6.07, 6.45) is 0. The third kappa shape index (κ3) is 3.74. The zero-order chi connectivity index (χ0) is 18.8. The lowest BCUT2D eigenvalue weighted by Crippen LogP contribution is -2.14. The van der Waals surface area contributed by atoms with Crippen molar-refractivity contribution < 1.29 is 9.15 Å². The molecule has 0 aliphatic carbocycles. The van der Waals surface area contributed by atoms with Crippen molar-refractivity contribution in [1.82, 2.24) is 19.6 Å². The predicted octanol–water partition coefficient (Wildman–Crippen LogP) is 3.81. The first kappa shape index (κ1) is 17.7. The topological polar surface area (TPSA) is 82.5 Å². The highest BCUT2D eigenvalue weighted by molar-refractivity contribution is 7.98. The van der Waals surface area contributed by atoms with E-state index in [1.807, 2.05) is 43.5 Å². The lowest BCUT2D eigenvalue weighted by atomic mass is 10.2. The molecule has 0 saturated carbocycles. The molecule has 0 unspecified atom stereocenters. The molecule has 4 aromatic rings. The standard InChI is InChI=1S/C18H16N4O3S2/c1-3-24-14-6-4-12(5-7-14)16-20-21-18(25-16)27-10-13-8-15(23)22-11(2)9-26-17(22)19-13/h4-9H,3,10H2,1-2H3. The highest BCUT2D eigenvalue weighted by atomic mass is 32.2. The van der Waals surface area contributed by atoms with Gasteiger partial charge in [-0.1, -0.05) is 11.8 Å². The Labute approximate surface area is 163 Å². The molecule has 0 fully saturated rings. The van der Waals surface area contributed by atoms with Crippen LogP contribution in [0.1, 0.15) is 18.3 Å². The van der Waals surface area contributed by atoms with E-state index in [1.165, 1.54) is 23.1 Å². The molecule has 0 N–H and O–H groups in total. The molecule has 7 nitrogen and oxygen atoms in total. The van der Waals surface area contributed by atoms with Crippen molar-refractivity contribution in [3.63, 3.8) is 0 Å². The molecule has 138 valence electrons. The Balaban J connectivity index is 1.47. The molecule has 0 spiro atoms. The fourth-order valence-corrected chi connectivity index (χ4v) is 4.10. The van der Waals surface area contributed by atoms with E-state index < -0.39 is 0 Å². The van der Waals surface area contributed by atoms with Gasteiger partial charge in [-0.05, 0) is 38.1 Å². The fourth-order valence-electron chi connectivity index (χ4n) is 2.56. The van der Waals surface area contributed by atoms with Crippen molar-refractivity contribution in [2.24, 2.45) is 0 Å². The lowest BCUT2D eigenvalue weighted by molar-refractivity contribution is 0.340. The summed E-state index contributed by atoms with van der Waals surface area (Å²) in [6, 6.07) is 9.03. The second kappa shape index (κ2) is 7.53. The van der Waals surface area contributed by atoms with Crippen molar-refractivity contribution in [3.8, 4) is 17.2 Å². The number of aromatic nitrogens is 4. The molecule has 4 rings (SSSR count). The molecule has 3 heterocycles. The van der Waals surface area contributed by atoms with E-state index in [1.54, 1.807) is 10.5 Å². The van der Waals surface area contributed by atoms with E-state index in [-0.39, 0.29) is 5.56 Å². The van der Waals surface area contributed by atoms with Gasteiger partial charge in [0.15, 0.2) is 4.96 Å². The van der Waals surface area contributed by atoms with Crippen LogP contribution >= 0.6 is 23.1 Å². The van der Waals surface area contributed by atoms with Crippen LogP contribution in [0.25, 0.3) is 16.4 Å². The Kier molecular flexibility index (Phi) is 4.95. The lowest BCUT2D eigenvalue weighted by Gasteiger charge is -2.02. The van der Waals surface area contributed by atoms with Crippen molar-refractivity contribution in [1.29, 1.82) is 0 Å². The highest BCUT2D eigenvalue weighted by Crippen LogP contribution is 2.26. The minimum atomic E-state index is -0.0741. The number of thiazole rings is 1. The number of hydrogen-bond donors (Lipinski definition) is 0. The zero-order valence-electron chi connectivity index (χ0n) is 14.7. The zero-order valence-corrected chi connectivity index (χ0v) is 16.3. The molecule has 0 aliphatic heterocycles. The molecule has 1 aromatic carbocycles. The van der Waals surface area contributed by atoms with Gasteiger partial charge in [0.25, 0.3) is 10.8 Å². The smallest absolute Gasteiger partial charge is 0.277 e. The predicted molar refractivity (Wildman–Crippen MR) is 105 cm³/mol. The van der Waals surface area contributed by atoms with E-state index in [0.29, 0.717) is 34.1 Å². The summed E-state index contributed by atoms with van der Waals surface area (Å²) in [7, 11) is 0. The van der Waals surface area contributed by atoms with E-state index in [2.05, 4.69) is 15.2 Å². The van der Waals surface area contributed by atoms with E-state index in [9.17, 15) is 4.79 Å². The summed E-state index contributed by atoms with van der Waals surface area (Å²) in [5.41, 5.74) is 2.33. The van der Waals surface area contributed by atoms with Gasteiger partial charge in [-0.15, -0.1) is 21.5 Å². The van der Waals surface area contributed by atoms with Crippen LogP contribution in [-0.4, -0.2) is 26.2 Å². The van der Waals surface area contributed by atoms with Crippen LogP contribution in [-0.2, 0) is 5.75 Å². The quantitative estimate of drug-likeness (QED) is 0.455. The van der Waals surface area contributed by atoms with Crippen LogP contribution in [0.5, 0.6) is 5.75 Å². The van der Waals surface area contributed by atoms with E-state index >= 15 is 0 Å². The Bertz CT molecular complexity index is 1130. The highest BCUT2D eigenvalue weighted by Gasteiger charge is 2.11. The van der Waals surface area contributed by atoms with Crippen molar-refractivity contribution in [2.45, 2.75) is 24.8 Å². The molecule has 3 aromatic heterocycles. The molecule has 0 bridgehead atoms. The largest absolute Gasteiger partial charge is 0.494 e. The van der Waals surface area contributed by atoms with Gasteiger partial charge in [0.2, 0.25) is 5.89 Å². The average molecular weight is 400 g/mol. The van der Waals surface area contributed by atoms with Crippen LogP contribution in [0, 0.1) is 6.92 Å². The molecule has 0 saturated heterocycles. The third-order valence-electron chi connectivity index (χ3n) is 3.79. The molecular formula is C18H16N4O3S2. The fraction of sp³-hybridized carbons (Fsp3) is 0.222. The second-order valence-electron chi connectivity index (χ2n) is 5.70. The SMILES string of the molecule is CCOc1ccc(-c2nnc(SCc3cc(=O)n4c(C)csc4n3)o2)cc1. The van der Waals surface area contributed by atoms with Gasteiger partial charge in [0.1, 0.15) is 5.75 Å². The summed E-state index contributed by atoms with van der Waals surface area (Å²) in [5.74, 6) is 1.72. The number of rotatable bonds is 6. The summed E-state index contributed by atoms with van der Waals surface area (Å²) in [5, 5.41) is 10.5. The molecule has 0 amide bonds. The van der Waals surface area contributed by atoms with Gasteiger partial charge < -0.3 is 9.15 Å². The van der Waals surface area contributed by atoms with Gasteiger partial charge in [-0.3, -0.25) is 9.20 Å². The molecule has 27 heavy (non-hydrogen) atoms. The number of hydrogen-bond acceptors (Lipinski definition) is 8. The Hall–Kier alpha value is -2.65. The maximum atomic E-state index is 12.2. The summed E-state index contributed by atoms with van der Waals surface area (Å²) in [4.78, 5) is 17.4. The summed E-state index contributed by atoms with van der Waals surface area (Å²) >= 11 is 2.80. The van der Waals surface area contributed by atoms with Crippen LogP contribution in [0.15, 0.2) is 50.1 Å². The molecule has 9 heteroatoms. The maximum absolute atomic E-state index is 12.2. The minimum absolute atomic E-state index is 0.0741. The molecular weight excluding hydrogens is 384 g/mol. The first-order chi connectivity index (χ1) is 13.1. The average Bonchev–Trinajstić information content (AvgIpc) is 3.28. The van der Waals surface area contributed by atoms with Crippen LogP contribution in [0.3, 0.4) is 0 Å². The van der Waals surface area contributed by atoms with Gasteiger partial charge in [0.05, 0.1) is 12.3 Å². The minimum Gasteiger partial charge on any atom is -0.494 e. The number of nitrogens with zero attached hydrogens (tertiary/aromatic N) is 4. The van der Waals surface area contributed by atoms with Gasteiger partial charge >= 0.3 is 0 Å². The van der Waals surface area contributed by atoms with Crippen molar-refractivity contribution >= 4 is 28.1 Å². The number of aryl methyl sites for hydroxylation is 1. The third-order valence-corrected chi connectivity index (χ3v) is 5.59. The normalized spacial score (nSPS) is 11.2. The molecule has 0 aliphatic rings. The van der Waals surface area contributed by atoms with Crippen molar-refractivity contribution in [2.75, 3.05) is 6.61 Å².